The van der Waals surface area contributed by atoms with Crippen LogP contribution in [0.5, 0.6) is 0 Å². The SMILES string of the molecule is O=P(O)(O)c1ccccc1.[Ni].[c-]1ccccc1. The molecule has 5 heteroatoms. The molecular formula is C12H12NiO3P-. The second-order valence-electron chi connectivity index (χ2n) is 2.96. The molecule has 0 radical (unpaired) electrons. The van der Waals surface area contributed by atoms with E-state index in [1.54, 1.807) is 18.2 Å². The van der Waals surface area contributed by atoms with Crippen LogP contribution in [-0.2, 0) is 21.1 Å². The smallest absolute Gasteiger partial charge is 0.321 e. The molecule has 0 aliphatic rings. The molecule has 2 aromatic carbocycles. The Morgan fingerprint density at radius 3 is 1.59 bits per heavy atom. The van der Waals surface area contributed by atoms with E-state index >= 15 is 0 Å². The molecule has 0 atom stereocenters. The molecule has 0 saturated heterocycles. The summed E-state index contributed by atoms with van der Waals surface area (Å²) in [6.07, 6.45) is 0. The molecular weight excluding hydrogens is 282 g/mol. The molecule has 3 nitrogen and oxygen atoms in total. The number of benzene rings is 2. The average molecular weight is 294 g/mol. The van der Waals surface area contributed by atoms with Crippen LogP contribution in [-0.4, -0.2) is 9.79 Å². The Bertz CT molecular complexity index is 415. The van der Waals surface area contributed by atoms with Crippen molar-refractivity contribution >= 4 is 12.9 Å². The monoisotopic (exact) mass is 293 g/mol. The van der Waals surface area contributed by atoms with Crippen molar-refractivity contribution < 1.29 is 30.8 Å². The van der Waals surface area contributed by atoms with Crippen LogP contribution in [0.1, 0.15) is 0 Å². The molecule has 2 rings (SSSR count). The largest absolute Gasteiger partial charge is 0.356 e. The first kappa shape index (κ1) is 16.1. The Labute approximate surface area is 111 Å². The molecule has 0 bridgehead atoms. The summed E-state index contributed by atoms with van der Waals surface area (Å²) in [6.45, 7) is 0. The van der Waals surface area contributed by atoms with Gasteiger partial charge in [-0.15, -0.1) is 0 Å². The van der Waals surface area contributed by atoms with Crippen LogP contribution in [0.2, 0.25) is 0 Å². The second-order valence-corrected chi connectivity index (χ2v) is 4.56. The molecule has 0 fully saturated rings. The minimum absolute atomic E-state index is 0. The van der Waals surface area contributed by atoms with Crippen LogP contribution in [0.15, 0.2) is 60.7 Å². The maximum absolute atomic E-state index is 10.5. The Morgan fingerprint density at radius 1 is 0.882 bits per heavy atom. The summed E-state index contributed by atoms with van der Waals surface area (Å²) in [5, 5.41) is 0.0648. The Kier molecular flexibility index (Phi) is 7.77. The van der Waals surface area contributed by atoms with Gasteiger partial charge in [0.05, 0.1) is 5.30 Å². The first-order valence-corrected chi connectivity index (χ1v) is 6.24. The first-order chi connectivity index (χ1) is 7.61. The summed E-state index contributed by atoms with van der Waals surface area (Å²) < 4.78 is 10.5. The van der Waals surface area contributed by atoms with Crippen LogP contribution < -0.4 is 5.30 Å². The standard InChI is InChI=1S/C6H7O3P.C6H5.Ni/c7-10(8,9)6-4-2-1-3-5-6;1-2-4-6-5-3-1;/h1-5H,(H2,7,8,9);1-5H;/q;-1;. The average Bonchev–Trinajstić information content (AvgIpc) is 2.32. The van der Waals surface area contributed by atoms with Crippen molar-refractivity contribution in [2.24, 2.45) is 0 Å². The molecule has 94 valence electrons. The Hall–Kier alpha value is -0.916. The number of hydrogen-bond donors (Lipinski definition) is 2. The second kappa shape index (κ2) is 8.21. The number of rotatable bonds is 1. The van der Waals surface area contributed by atoms with E-state index in [0.717, 1.165) is 0 Å². The quantitative estimate of drug-likeness (QED) is 0.480. The first-order valence-electron chi connectivity index (χ1n) is 4.63. The molecule has 0 aromatic heterocycles. The van der Waals surface area contributed by atoms with E-state index in [9.17, 15) is 4.57 Å². The van der Waals surface area contributed by atoms with Gasteiger partial charge in [0, 0.05) is 16.5 Å². The third-order valence-electron chi connectivity index (χ3n) is 1.70. The fraction of sp³-hybridized carbons (Fsp3) is 0. The van der Waals surface area contributed by atoms with E-state index in [4.69, 9.17) is 9.79 Å². The zero-order valence-corrected chi connectivity index (χ0v) is 10.7. The third kappa shape index (κ3) is 7.09. The molecule has 0 aliphatic heterocycles. The molecule has 0 heterocycles. The van der Waals surface area contributed by atoms with E-state index in [1.807, 2.05) is 30.3 Å². The van der Waals surface area contributed by atoms with Crippen LogP contribution in [0.4, 0.5) is 0 Å². The topological polar surface area (TPSA) is 57.5 Å². The third-order valence-corrected chi connectivity index (χ3v) is 2.67. The van der Waals surface area contributed by atoms with Gasteiger partial charge in [-0.3, -0.25) is 4.57 Å². The molecule has 0 aliphatic carbocycles. The zero-order valence-electron chi connectivity index (χ0n) is 8.84. The van der Waals surface area contributed by atoms with Gasteiger partial charge in [-0.05, 0) is 12.1 Å². The van der Waals surface area contributed by atoms with Gasteiger partial charge >= 0.3 is 7.60 Å². The minimum Gasteiger partial charge on any atom is -0.321 e. The van der Waals surface area contributed by atoms with Gasteiger partial charge in [-0.25, -0.2) is 0 Å². The van der Waals surface area contributed by atoms with Crippen LogP contribution in [0.25, 0.3) is 0 Å². The predicted octanol–water partition coefficient (Wildman–Crippen LogP) is 1.97. The normalized spacial score (nSPS) is 9.53. The van der Waals surface area contributed by atoms with Crippen molar-refractivity contribution in [2.75, 3.05) is 0 Å². The summed E-state index contributed by atoms with van der Waals surface area (Å²) in [7, 11) is -4.02. The van der Waals surface area contributed by atoms with Crippen molar-refractivity contribution in [3.63, 3.8) is 0 Å². The maximum atomic E-state index is 10.5. The van der Waals surface area contributed by atoms with Crippen molar-refractivity contribution in [3.05, 3.63) is 66.7 Å². The van der Waals surface area contributed by atoms with Gasteiger partial charge in [-0.1, -0.05) is 18.2 Å². The van der Waals surface area contributed by atoms with Gasteiger partial charge in [-0.2, -0.15) is 36.4 Å². The summed E-state index contributed by atoms with van der Waals surface area (Å²) in [5.41, 5.74) is 0. The van der Waals surface area contributed by atoms with Crippen LogP contribution >= 0.6 is 7.60 Å². The van der Waals surface area contributed by atoms with Gasteiger partial charge in [0.25, 0.3) is 0 Å². The van der Waals surface area contributed by atoms with E-state index in [-0.39, 0.29) is 21.8 Å². The van der Waals surface area contributed by atoms with E-state index in [2.05, 4.69) is 6.07 Å². The van der Waals surface area contributed by atoms with Crippen LogP contribution in [0, 0.1) is 6.07 Å². The van der Waals surface area contributed by atoms with Gasteiger partial charge in [0.1, 0.15) is 0 Å². The fourth-order valence-corrected chi connectivity index (χ4v) is 1.52. The summed E-state index contributed by atoms with van der Waals surface area (Å²) in [5.74, 6) is 0. The number of hydrogen-bond acceptors (Lipinski definition) is 1. The van der Waals surface area contributed by atoms with E-state index < -0.39 is 7.60 Å². The molecule has 0 saturated carbocycles. The molecule has 2 aromatic rings. The molecule has 0 amide bonds. The Morgan fingerprint density at radius 2 is 1.35 bits per heavy atom. The Balaban J connectivity index is 0.000000316. The van der Waals surface area contributed by atoms with E-state index in [1.165, 1.54) is 12.1 Å². The minimum atomic E-state index is -4.02. The molecule has 0 spiro atoms. The van der Waals surface area contributed by atoms with Crippen LogP contribution in [0.3, 0.4) is 0 Å². The molecule has 17 heavy (non-hydrogen) atoms. The zero-order chi connectivity index (χ0) is 11.9. The van der Waals surface area contributed by atoms with Crippen molar-refractivity contribution in [2.45, 2.75) is 0 Å². The van der Waals surface area contributed by atoms with Crippen molar-refractivity contribution in [1.29, 1.82) is 0 Å². The van der Waals surface area contributed by atoms with E-state index in [0.29, 0.717) is 0 Å². The molecule has 0 unspecified atom stereocenters. The summed E-state index contributed by atoms with van der Waals surface area (Å²) in [6, 6.07) is 20.2. The van der Waals surface area contributed by atoms with Crippen molar-refractivity contribution in [3.8, 4) is 0 Å². The van der Waals surface area contributed by atoms with Gasteiger partial charge in [0.2, 0.25) is 0 Å². The van der Waals surface area contributed by atoms with Gasteiger partial charge in [0.15, 0.2) is 0 Å². The molecule has 2 N–H and O–H groups in total. The summed E-state index contributed by atoms with van der Waals surface area (Å²) >= 11 is 0. The maximum Gasteiger partial charge on any atom is 0.356 e. The van der Waals surface area contributed by atoms with Gasteiger partial charge < -0.3 is 9.79 Å². The predicted molar refractivity (Wildman–Crippen MR) is 63.4 cm³/mol. The van der Waals surface area contributed by atoms with Crippen molar-refractivity contribution in [1.82, 2.24) is 0 Å². The fourth-order valence-electron chi connectivity index (χ4n) is 0.964. The summed E-state index contributed by atoms with van der Waals surface area (Å²) in [4.78, 5) is 17.2.